The van der Waals surface area contributed by atoms with Crippen molar-refractivity contribution in [3.63, 3.8) is 0 Å². The summed E-state index contributed by atoms with van der Waals surface area (Å²) in [5.74, 6) is 6.15. The minimum absolute atomic E-state index is 0.0254. The minimum Gasteiger partial charge on any atom is -0.394 e. The fourth-order valence-electron chi connectivity index (χ4n) is 1.35. The van der Waals surface area contributed by atoms with E-state index in [2.05, 4.69) is 18.4 Å². The lowest BCUT2D eigenvalue weighted by molar-refractivity contribution is 0.0558. The number of hydrogen-bond donors (Lipinski definition) is 1. The highest BCUT2D eigenvalue weighted by molar-refractivity contribution is 5.34. The van der Waals surface area contributed by atoms with Crippen LogP contribution >= 0.6 is 0 Å². The molecular formula is C15H18O2. The van der Waals surface area contributed by atoms with Crippen LogP contribution in [0, 0.1) is 11.8 Å². The molecule has 0 spiro atoms. The van der Waals surface area contributed by atoms with E-state index in [4.69, 9.17) is 9.84 Å². The summed E-state index contributed by atoms with van der Waals surface area (Å²) >= 11 is 0. The highest BCUT2D eigenvalue weighted by Gasteiger charge is 2.03. The van der Waals surface area contributed by atoms with Crippen molar-refractivity contribution < 1.29 is 9.84 Å². The zero-order valence-corrected chi connectivity index (χ0v) is 9.93. The SMILES string of the molecule is C=CCCC(C#Cc1ccccc1)OCCO. The monoisotopic (exact) mass is 230 g/mol. The maximum Gasteiger partial charge on any atom is 0.119 e. The van der Waals surface area contributed by atoms with Crippen molar-refractivity contribution >= 4 is 0 Å². The topological polar surface area (TPSA) is 29.5 Å². The Morgan fingerprint density at radius 1 is 1.35 bits per heavy atom. The lowest BCUT2D eigenvalue weighted by Crippen LogP contribution is -2.13. The molecule has 2 nitrogen and oxygen atoms in total. The number of aliphatic hydroxyl groups excluding tert-OH is 1. The highest BCUT2D eigenvalue weighted by Crippen LogP contribution is 2.03. The number of allylic oxidation sites excluding steroid dienone is 1. The lowest BCUT2D eigenvalue weighted by atomic mass is 10.1. The van der Waals surface area contributed by atoms with Crippen LogP contribution in [0.1, 0.15) is 18.4 Å². The number of ether oxygens (including phenoxy) is 1. The van der Waals surface area contributed by atoms with Crippen LogP contribution in [0.25, 0.3) is 0 Å². The van der Waals surface area contributed by atoms with Crippen LogP contribution in [0.4, 0.5) is 0 Å². The van der Waals surface area contributed by atoms with Crippen molar-refractivity contribution in [3.8, 4) is 11.8 Å². The molecule has 0 aliphatic rings. The van der Waals surface area contributed by atoms with Crippen molar-refractivity contribution in [3.05, 3.63) is 48.6 Å². The van der Waals surface area contributed by atoms with E-state index in [9.17, 15) is 0 Å². The Kier molecular flexibility index (Phi) is 6.81. The van der Waals surface area contributed by atoms with Crippen LogP contribution in [0.15, 0.2) is 43.0 Å². The smallest absolute Gasteiger partial charge is 0.119 e. The molecule has 0 fully saturated rings. The van der Waals surface area contributed by atoms with Gasteiger partial charge in [0.05, 0.1) is 13.2 Å². The van der Waals surface area contributed by atoms with Gasteiger partial charge in [-0.15, -0.1) is 6.58 Å². The van der Waals surface area contributed by atoms with Crippen molar-refractivity contribution in [2.24, 2.45) is 0 Å². The third kappa shape index (κ3) is 5.91. The highest BCUT2D eigenvalue weighted by atomic mass is 16.5. The second kappa shape index (κ2) is 8.58. The van der Waals surface area contributed by atoms with Gasteiger partial charge in [0.15, 0.2) is 0 Å². The van der Waals surface area contributed by atoms with Crippen LogP contribution in [-0.2, 0) is 4.74 Å². The maximum atomic E-state index is 8.73. The van der Waals surface area contributed by atoms with Crippen molar-refractivity contribution in [2.75, 3.05) is 13.2 Å². The first-order chi connectivity index (χ1) is 8.36. The fraction of sp³-hybridized carbons (Fsp3) is 0.333. The van der Waals surface area contributed by atoms with Crippen LogP contribution in [0.5, 0.6) is 0 Å². The van der Waals surface area contributed by atoms with E-state index in [1.54, 1.807) is 0 Å². The van der Waals surface area contributed by atoms with Crippen LogP contribution in [0.3, 0.4) is 0 Å². The van der Waals surface area contributed by atoms with Gasteiger partial charge in [0.25, 0.3) is 0 Å². The average Bonchev–Trinajstić information content (AvgIpc) is 2.39. The molecule has 1 unspecified atom stereocenters. The summed E-state index contributed by atoms with van der Waals surface area (Å²) in [6, 6.07) is 9.80. The molecule has 1 aromatic rings. The summed E-state index contributed by atoms with van der Waals surface area (Å²) in [4.78, 5) is 0. The van der Waals surface area contributed by atoms with Crippen molar-refractivity contribution in [2.45, 2.75) is 18.9 Å². The Bertz CT molecular complexity index is 373. The molecule has 0 radical (unpaired) electrons. The quantitative estimate of drug-likeness (QED) is 0.600. The van der Waals surface area contributed by atoms with Crippen LogP contribution in [0.2, 0.25) is 0 Å². The fourth-order valence-corrected chi connectivity index (χ4v) is 1.35. The molecule has 0 amide bonds. The Balaban J connectivity index is 2.58. The molecule has 0 saturated heterocycles. The summed E-state index contributed by atoms with van der Waals surface area (Å²) in [5.41, 5.74) is 0.976. The Labute approximate surface area is 103 Å². The molecule has 2 heteroatoms. The normalized spacial score (nSPS) is 11.4. The van der Waals surface area contributed by atoms with E-state index in [0.717, 1.165) is 18.4 Å². The van der Waals surface area contributed by atoms with E-state index in [0.29, 0.717) is 6.61 Å². The largest absolute Gasteiger partial charge is 0.394 e. The predicted molar refractivity (Wildman–Crippen MR) is 69.6 cm³/mol. The van der Waals surface area contributed by atoms with Gasteiger partial charge in [0.2, 0.25) is 0 Å². The van der Waals surface area contributed by atoms with Gasteiger partial charge >= 0.3 is 0 Å². The van der Waals surface area contributed by atoms with Gasteiger partial charge in [-0.3, -0.25) is 0 Å². The molecule has 1 N–H and O–H groups in total. The predicted octanol–water partition coefficient (Wildman–Crippen LogP) is 2.38. The van der Waals surface area contributed by atoms with Gasteiger partial charge in [-0.1, -0.05) is 36.1 Å². The Morgan fingerprint density at radius 2 is 2.12 bits per heavy atom. The molecule has 0 saturated carbocycles. The molecule has 90 valence electrons. The van der Waals surface area contributed by atoms with Crippen LogP contribution in [-0.4, -0.2) is 24.4 Å². The molecule has 17 heavy (non-hydrogen) atoms. The van der Waals surface area contributed by atoms with Crippen molar-refractivity contribution in [1.82, 2.24) is 0 Å². The number of benzene rings is 1. The zero-order valence-electron chi connectivity index (χ0n) is 9.93. The van der Waals surface area contributed by atoms with E-state index >= 15 is 0 Å². The molecule has 0 bridgehead atoms. The number of rotatable bonds is 6. The molecule has 1 rings (SSSR count). The molecule has 0 aliphatic carbocycles. The van der Waals surface area contributed by atoms with Gasteiger partial charge in [-0.05, 0) is 25.0 Å². The first-order valence-electron chi connectivity index (χ1n) is 5.76. The van der Waals surface area contributed by atoms with Gasteiger partial charge in [0, 0.05) is 5.56 Å². The Hall–Kier alpha value is -1.56. The number of hydrogen-bond acceptors (Lipinski definition) is 2. The van der Waals surface area contributed by atoms with Gasteiger partial charge < -0.3 is 9.84 Å². The minimum atomic E-state index is -0.139. The van der Waals surface area contributed by atoms with E-state index in [-0.39, 0.29) is 12.7 Å². The van der Waals surface area contributed by atoms with Gasteiger partial charge in [-0.2, -0.15) is 0 Å². The first kappa shape index (κ1) is 13.5. The first-order valence-corrected chi connectivity index (χ1v) is 5.76. The molecule has 0 heterocycles. The maximum absolute atomic E-state index is 8.73. The second-order valence-corrected chi connectivity index (χ2v) is 3.58. The van der Waals surface area contributed by atoms with Crippen molar-refractivity contribution in [1.29, 1.82) is 0 Å². The van der Waals surface area contributed by atoms with Gasteiger partial charge in [-0.25, -0.2) is 0 Å². The molecule has 1 atom stereocenters. The Morgan fingerprint density at radius 3 is 2.76 bits per heavy atom. The third-order valence-electron chi connectivity index (χ3n) is 2.19. The molecular weight excluding hydrogens is 212 g/mol. The van der Waals surface area contributed by atoms with Crippen LogP contribution < -0.4 is 0 Å². The summed E-state index contributed by atoms with van der Waals surface area (Å²) in [6.07, 6.45) is 3.38. The second-order valence-electron chi connectivity index (χ2n) is 3.58. The standard InChI is InChI=1S/C15H18O2/c1-2-3-9-15(17-13-12-16)11-10-14-7-5-4-6-8-14/h2,4-8,15-16H,1,3,9,12-13H2. The van der Waals surface area contributed by atoms with E-state index in [1.807, 2.05) is 36.4 Å². The summed E-state index contributed by atoms with van der Waals surface area (Å²) < 4.78 is 5.44. The number of aliphatic hydroxyl groups is 1. The van der Waals surface area contributed by atoms with E-state index in [1.165, 1.54) is 0 Å². The summed E-state index contributed by atoms with van der Waals surface area (Å²) in [6.45, 7) is 4.03. The molecule has 1 aromatic carbocycles. The van der Waals surface area contributed by atoms with Gasteiger partial charge in [0.1, 0.15) is 6.10 Å². The zero-order chi connectivity index (χ0) is 12.3. The summed E-state index contributed by atoms with van der Waals surface area (Å²) in [5, 5.41) is 8.73. The average molecular weight is 230 g/mol. The summed E-state index contributed by atoms with van der Waals surface area (Å²) in [7, 11) is 0. The lowest BCUT2D eigenvalue weighted by Gasteiger charge is -2.09. The third-order valence-corrected chi connectivity index (χ3v) is 2.19. The van der Waals surface area contributed by atoms with E-state index < -0.39 is 0 Å². The molecule has 0 aromatic heterocycles. The molecule has 0 aliphatic heterocycles.